The molecule has 2 heteroatoms. The second-order valence-electron chi connectivity index (χ2n) is 3.65. The summed E-state index contributed by atoms with van der Waals surface area (Å²) in [6, 6.07) is 0. The monoisotopic (exact) mass is 175 g/mol. The van der Waals surface area contributed by atoms with Crippen molar-refractivity contribution in [3.05, 3.63) is 0 Å². The van der Waals surface area contributed by atoms with E-state index in [1.54, 1.807) is 0 Å². The lowest BCUT2D eigenvalue weighted by Gasteiger charge is -2.23. The molecule has 0 spiro atoms. The molecular formula is C10H22FN. The van der Waals surface area contributed by atoms with Gasteiger partial charge in [0.1, 0.15) is 6.17 Å². The van der Waals surface area contributed by atoms with Crippen molar-refractivity contribution < 1.29 is 4.39 Å². The van der Waals surface area contributed by atoms with Gasteiger partial charge in [0.15, 0.2) is 0 Å². The molecule has 0 saturated heterocycles. The molecule has 74 valence electrons. The molecule has 12 heavy (non-hydrogen) atoms. The molecule has 1 atom stereocenters. The summed E-state index contributed by atoms with van der Waals surface area (Å²) in [5, 5.41) is 0. The van der Waals surface area contributed by atoms with E-state index < -0.39 is 6.17 Å². The Balaban J connectivity index is 3.68. The molecule has 0 radical (unpaired) electrons. The number of hydrogen-bond donors (Lipinski definition) is 0. The molecule has 0 aromatic carbocycles. The van der Waals surface area contributed by atoms with Gasteiger partial charge >= 0.3 is 0 Å². The molecule has 0 aromatic heterocycles. The Kier molecular flexibility index (Phi) is 6.35. The van der Waals surface area contributed by atoms with Crippen molar-refractivity contribution in [1.82, 2.24) is 4.90 Å². The number of nitrogens with zero attached hydrogens (tertiary/aromatic N) is 1. The van der Waals surface area contributed by atoms with Crippen molar-refractivity contribution >= 4 is 0 Å². The lowest BCUT2D eigenvalue weighted by atomic mass is 10.1. The summed E-state index contributed by atoms with van der Waals surface area (Å²) < 4.78 is 13.2. The number of rotatable bonds is 6. The van der Waals surface area contributed by atoms with E-state index in [2.05, 4.69) is 18.7 Å². The molecule has 0 aliphatic heterocycles. The highest BCUT2D eigenvalue weighted by molar-refractivity contribution is 4.66. The van der Waals surface area contributed by atoms with Gasteiger partial charge in [-0.1, -0.05) is 27.7 Å². The highest BCUT2D eigenvalue weighted by atomic mass is 19.1. The second kappa shape index (κ2) is 6.41. The Morgan fingerprint density at radius 2 is 1.83 bits per heavy atom. The summed E-state index contributed by atoms with van der Waals surface area (Å²) in [4.78, 5) is 2.17. The summed E-state index contributed by atoms with van der Waals surface area (Å²) in [5.74, 6) is 0.149. The molecular weight excluding hydrogens is 153 g/mol. The van der Waals surface area contributed by atoms with Gasteiger partial charge in [0, 0.05) is 6.54 Å². The van der Waals surface area contributed by atoms with Gasteiger partial charge in [-0.3, -0.25) is 0 Å². The number of hydrogen-bond acceptors (Lipinski definition) is 1. The van der Waals surface area contributed by atoms with E-state index in [9.17, 15) is 4.39 Å². The summed E-state index contributed by atoms with van der Waals surface area (Å²) in [6.07, 6.45) is 0.440. The fraction of sp³-hybridized carbons (Fsp3) is 1.00. The number of alkyl halides is 1. The lowest BCUT2D eigenvalue weighted by Crippen LogP contribution is -2.33. The van der Waals surface area contributed by atoms with Gasteiger partial charge in [-0.15, -0.1) is 0 Å². The second-order valence-corrected chi connectivity index (χ2v) is 3.65. The zero-order chi connectivity index (χ0) is 9.56. The van der Waals surface area contributed by atoms with Gasteiger partial charge in [0.25, 0.3) is 0 Å². The third-order valence-electron chi connectivity index (χ3n) is 2.14. The Morgan fingerprint density at radius 1 is 1.25 bits per heavy atom. The highest BCUT2D eigenvalue weighted by Crippen LogP contribution is 2.08. The van der Waals surface area contributed by atoms with Crippen molar-refractivity contribution in [3.8, 4) is 0 Å². The van der Waals surface area contributed by atoms with Crippen molar-refractivity contribution in [1.29, 1.82) is 0 Å². The third-order valence-corrected chi connectivity index (χ3v) is 2.14. The smallest absolute Gasteiger partial charge is 0.115 e. The predicted octanol–water partition coefficient (Wildman–Crippen LogP) is 2.71. The molecule has 1 nitrogen and oxygen atoms in total. The van der Waals surface area contributed by atoms with E-state index in [0.29, 0.717) is 6.54 Å². The van der Waals surface area contributed by atoms with Crippen molar-refractivity contribution in [2.45, 2.75) is 40.3 Å². The van der Waals surface area contributed by atoms with E-state index in [4.69, 9.17) is 0 Å². The fourth-order valence-corrected chi connectivity index (χ4v) is 1.15. The van der Waals surface area contributed by atoms with Crippen LogP contribution in [-0.2, 0) is 0 Å². The number of halogens is 1. The van der Waals surface area contributed by atoms with Gasteiger partial charge in [-0.2, -0.15) is 0 Å². The van der Waals surface area contributed by atoms with Crippen molar-refractivity contribution in [2.24, 2.45) is 5.92 Å². The molecule has 0 N–H and O–H groups in total. The first-order valence-electron chi connectivity index (χ1n) is 4.98. The van der Waals surface area contributed by atoms with Crippen LogP contribution in [-0.4, -0.2) is 30.7 Å². The molecule has 0 aliphatic rings. The maximum Gasteiger partial charge on any atom is 0.115 e. The molecule has 0 amide bonds. The zero-order valence-electron chi connectivity index (χ0n) is 8.81. The Bertz CT molecular complexity index is 104. The van der Waals surface area contributed by atoms with Gasteiger partial charge in [0.05, 0.1) is 0 Å². The SMILES string of the molecule is CCCN(CC)CC(F)C(C)C. The maximum absolute atomic E-state index is 13.2. The first kappa shape index (κ1) is 11.9. The van der Waals surface area contributed by atoms with Crippen LogP contribution in [0, 0.1) is 5.92 Å². The van der Waals surface area contributed by atoms with Crippen LogP contribution < -0.4 is 0 Å². The molecule has 0 aromatic rings. The minimum absolute atomic E-state index is 0.149. The van der Waals surface area contributed by atoms with Gasteiger partial charge in [-0.25, -0.2) is 4.39 Å². The minimum atomic E-state index is -0.670. The van der Waals surface area contributed by atoms with E-state index in [1.165, 1.54) is 0 Å². The topological polar surface area (TPSA) is 3.24 Å². The molecule has 0 saturated carbocycles. The van der Waals surface area contributed by atoms with Crippen LogP contribution in [0.15, 0.2) is 0 Å². The van der Waals surface area contributed by atoms with E-state index in [0.717, 1.165) is 19.5 Å². The van der Waals surface area contributed by atoms with E-state index in [-0.39, 0.29) is 5.92 Å². The van der Waals surface area contributed by atoms with Crippen LogP contribution in [0.2, 0.25) is 0 Å². The van der Waals surface area contributed by atoms with Crippen LogP contribution in [0.1, 0.15) is 34.1 Å². The summed E-state index contributed by atoms with van der Waals surface area (Å²) in [7, 11) is 0. The summed E-state index contributed by atoms with van der Waals surface area (Å²) in [5.41, 5.74) is 0. The molecule has 0 heterocycles. The van der Waals surface area contributed by atoms with Crippen LogP contribution in [0.4, 0.5) is 4.39 Å². The average molecular weight is 175 g/mol. The maximum atomic E-state index is 13.2. The lowest BCUT2D eigenvalue weighted by molar-refractivity contribution is 0.161. The quantitative estimate of drug-likeness (QED) is 0.600. The molecule has 0 bridgehead atoms. The predicted molar refractivity (Wildman–Crippen MR) is 52.1 cm³/mol. The highest BCUT2D eigenvalue weighted by Gasteiger charge is 2.14. The fourth-order valence-electron chi connectivity index (χ4n) is 1.15. The van der Waals surface area contributed by atoms with E-state index in [1.807, 2.05) is 13.8 Å². The summed E-state index contributed by atoms with van der Waals surface area (Å²) >= 11 is 0. The van der Waals surface area contributed by atoms with Crippen LogP contribution in [0.5, 0.6) is 0 Å². The molecule has 0 rings (SSSR count). The zero-order valence-corrected chi connectivity index (χ0v) is 8.81. The minimum Gasteiger partial charge on any atom is -0.301 e. The molecule has 0 aliphatic carbocycles. The Hall–Kier alpha value is -0.110. The Morgan fingerprint density at radius 3 is 2.17 bits per heavy atom. The Labute approximate surface area is 75.9 Å². The first-order chi connectivity index (χ1) is 5.61. The largest absolute Gasteiger partial charge is 0.301 e. The summed E-state index contributed by atoms with van der Waals surface area (Å²) in [6.45, 7) is 10.7. The van der Waals surface area contributed by atoms with Gasteiger partial charge in [0.2, 0.25) is 0 Å². The first-order valence-corrected chi connectivity index (χ1v) is 4.98. The average Bonchev–Trinajstić information content (AvgIpc) is 2.03. The normalized spacial score (nSPS) is 14.2. The standard InChI is InChI=1S/C10H22FN/c1-5-7-12(6-2)8-10(11)9(3)4/h9-10H,5-8H2,1-4H3. The van der Waals surface area contributed by atoms with Gasteiger partial charge < -0.3 is 4.90 Å². The van der Waals surface area contributed by atoms with Crippen LogP contribution >= 0.6 is 0 Å². The third kappa shape index (κ3) is 4.70. The molecule has 1 unspecified atom stereocenters. The van der Waals surface area contributed by atoms with Crippen molar-refractivity contribution in [2.75, 3.05) is 19.6 Å². The van der Waals surface area contributed by atoms with E-state index >= 15 is 0 Å². The van der Waals surface area contributed by atoms with Crippen LogP contribution in [0.25, 0.3) is 0 Å². The molecule has 0 fully saturated rings. The van der Waals surface area contributed by atoms with Crippen LogP contribution in [0.3, 0.4) is 0 Å². The van der Waals surface area contributed by atoms with Crippen molar-refractivity contribution in [3.63, 3.8) is 0 Å². The van der Waals surface area contributed by atoms with Gasteiger partial charge in [-0.05, 0) is 25.4 Å².